The van der Waals surface area contributed by atoms with Gasteiger partial charge in [-0.15, -0.1) is 0 Å². The molecule has 4 aromatic rings. The van der Waals surface area contributed by atoms with E-state index in [1.165, 1.54) is 12.3 Å². The van der Waals surface area contributed by atoms with Crippen LogP contribution in [-0.2, 0) is 6.61 Å². The lowest BCUT2D eigenvalue weighted by Gasteiger charge is -2.11. The number of carboxylic acids is 1. The maximum atomic E-state index is 12.7. The molecule has 9 heteroatoms. The second kappa shape index (κ2) is 11.1. The van der Waals surface area contributed by atoms with Crippen molar-refractivity contribution in [1.82, 2.24) is 5.43 Å². The number of nitrogens with one attached hydrogen (secondary N) is 1. The first-order valence-electron chi connectivity index (χ1n) is 10.7. The van der Waals surface area contributed by atoms with Gasteiger partial charge in [0.25, 0.3) is 5.91 Å². The highest BCUT2D eigenvalue weighted by molar-refractivity contribution is 6.35. The van der Waals surface area contributed by atoms with Gasteiger partial charge in [0.1, 0.15) is 23.9 Å². The van der Waals surface area contributed by atoms with Gasteiger partial charge in [0.05, 0.1) is 17.3 Å². The van der Waals surface area contributed by atoms with Crippen molar-refractivity contribution < 1.29 is 23.8 Å². The van der Waals surface area contributed by atoms with Crippen LogP contribution in [0.3, 0.4) is 0 Å². The first-order chi connectivity index (χ1) is 17.3. The van der Waals surface area contributed by atoms with Crippen LogP contribution in [0.4, 0.5) is 0 Å². The van der Waals surface area contributed by atoms with E-state index in [4.69, 9.17) is 32.4 Å². The summed E-state index contributed by atoms with van der Waals surface area (Å²) in [6, 6.07) is 20.0. The van der Waals surface area contributed by atoms with Gasteiger partial charge in [0, 0.05) is 21.2 Å². The summed E-state index contributed by atoms with van der Waals surface area (Å²) in [6.07, 6.45) is 1.36. The lowest BCUT2D eigenvalue weighted by atomic mass is 10.0. The number of carbonyl (C=O) groups excluding carboxylic acids is 1. The van der Waals surface area contributed by atoms with Gasteiger partial charge in [-0.3, -0.25) is 4.79 Å². The first kappa shape index (κ1) is 25.0. The molecule has 182 valence electrons. The van der Waals surface area contributed by atoms with Gasteiger partial charge in [-0.25, -0.2) is 10.2 Å². The highest BCUT2D eigenvalue weighted by Crippen LogP contribution is 2.27. The molecule has 0 unspecified atom stereocenters. The van der Waals surface area contributed by atoms with Gasteiger partial charge in [0.2, 0.25) is 0 Å². The molecular formula is C27H20Cl2N2O5. The molecule has 0 saturated heterocycles. The van der Waals surface area contributed by atoms with Crippen LogP contribution >= 0.6 is 23.2 Å². The van der Waals surface area contributed by atoms with Gasteiger partial charge in [-0.05, 0) is 61.0 Å². The van der Waals surface area contributed by atoms with Crippen LogP contribution in [0, 0.1) is 6.92 Å². The molecule has 0 radical (unpaired) electrons. The van der Waals surface area contributed by atoms with E-state index in [2.05, 4.69) is 10.5 Å². The lowest BCUT2D eigenvalue weighted by Crippen LogP contribution is -2.18. The minimum absolute atomic E-state index is 0.154. The number of aryl methyl sites for hydroxylation is 1. The SMILES string of the molecule is Cc1ccc(C(=O)O)cc1-c1ccc(/C=N/NC(=O)c2ccccc2OCc2ccc(Cl)cc2Cl)o1. The van der Waals surface area contributed by atoms with E-state index in [-0.39, 0.29) is 12.2 Å². The van der Waals surface area contributed by atoms with Crippen LogP contribution in [0.5, 0.6) is 5.75 Å². The number of carbonyl (C=O) groups is 2. The summed E-state index contributed by atoms with van der Waals surface area (Å²) >= 11 is 12.1. The molecule has 0 spiro atoms. The highest BCUT2D eigenvalue weighted by Gasteiger charge is 2.13. The summed E-state index contributed by atoms with van der Waals surface area (Å²) < 4.78 is 11.6. The number of benzene rings is 3. The molecule has 2 N–H and O–H groups in total. The number of hydrazone groups is 1. The number of furan rings is 1. The van der Waals surface area contributed by atoms with Crippen LogP contribution in [0.15, 0.2) is 82.3 Å². The van der Waals surface area contributed by atoms with Crippen LogP contribution < -0.4 is 10.2 Å². The Morgan fingerprint density at radius 2 is 1.86 bits per heavy atom. The van der Waals surface area contributed by atoms with Gasteiger partial charge in [-0.2, -0.15) is 5.10 Å². The monoisotopic (exact) mass is 522 g/mol. The molecule has 0 atom stereocenters. The fourth-order valence-electron chi connectivity index (χ4n) is 3.38. The molecule has 0 aliphatic heterocycles. The van der Waals surface area contributed by atoms with Gasteiger partial charge < -0.3 is 14.3 Å². The predicted molar refractivity (Wildman–Crippen MR) is 138 cm³/mol. The molecule has 7 nitrogen and oxygen atoms in total. The van der Waals surface area contributed by atoms with Crippen molar-refractivity contribution in [2.24, 2.45) is 5.10 Å². The molecular weight excluding hydrogens is 503 g/mol. The van der Waals surface area contributed by atoms with Gasteiger partial charge in [-0.1, -0.05) is 47.5 Å². The zero-order valence-electron chi connectivity index (χ0n) is 19.0. The third-order valence-electron chi connectivity index (χ3n) is 5.26. The number of carboxylic acid groups (broad SMARTS) is 1. The second-order valence-corrected chi connectivity index (χ2v) is 8.60. The standard InChI is InChI=1S/C27H20Cl2N2O5/c1-16-6-7-17(27(33)34)12-22(16)25-11-10-20(36-25)14-30-31-26(32)21-4-2-3-5-24(21)35-15-18-8-9-19(28)13-23(18)29/h2-14H,15H2,1H3,(H,31,32)(H,33,34)/b30-14+. The largest absolute Gasteiger partial charge is 0.488 e. The van der Waals surface area contributed by atoms with E-state index in [0.29, 0.717) is 38.4 Å². The molecule has 0 aliphatic carbocycles. The van der Waals surface area contributed by atoms with Crippen molar-refractivity contribution in [2.45, 2.75) is 13.5 Å². The van der Waals surface area contributed by atoms with E-state index in [1.54, 1.807) is 66.7 Å². The normalized spacial score (nSPS) is 11.0. The number of para-hydroxylation sites is 1. The predicted octanol–water partition coefficient (Wildman–Crippen LogP) is 6.60. The number of halogens is 2. The minimum Gasteiger partial charge on any atom is -0.488 e. The van der Waals surface area contributed by atoms with E-state index in [0.717, 1.165) is 11.1 Å². The summed E-state index contributed by atoms with van der Waals surface area (Å²) in [5.74, 6) is -0.255. The van der Waals surface area contributed by atoms with E-state index < -0.39 is 11.9 Å². The summed E-state index contributed by atoms with van der Waals surface area (Å²) in [4.78, 5) is 24.0. The van der Waals surface area contributed by atoms with E-state index in [9.17, 15) is 14.7 Å². The van der Waals surface area contributed by atoms with Gasteiger partial charge >= 0.3 is 5.97 Å². The Morgan fingerprint density at radius 3 is 2.64 bits per heavy atom. The van der Waals surface area contributed by atoms with Crippen molar-refractivity contribution in [3.05, 3.63) is 111 Å². The Kier molecular flexibility index (Phi) is 7.73. The van der Waals surface area contributed by atoms with Crippen molar-refractivity contribution in [3.63, 3.8) is 0 Å². The third-order valence-corrected chi connectivity index (χ3v) is 5.85. The smallest absolute Gasteiger partial charge is 0.335 e. The Morgan fingerprint density at radius 1 is 1.06 bits per heavy atom. The Balaban J connectivity index is 1.43. The van der Waals surface area contributed by atoms with Crippen LogP contribution in [0.1, 0.15) is 37.6 Å². The molecule has 0 fully saturated rings. The lowest BCUT2D eigenvalue weighted by molar-refractivity contribution is 0.0696. The molecule has 1 aromatic heterocycles. The zero-order valence-corrected chi connectivity index (χ0v) is 20.5. The second-order valence-electron chi connectivity index (χ2n) is 7.76. The average molecular weight is 523 g/mol. The highest BCUT2D eigenvalue weighted by atomic mass is 35.5. The van der Waals surface area contributed by atoms with E-state index in [1.807, 2.05) is 6.92 Å². The number of aromatic carboxylic acids is 1. The molecule has 0 aliphatic rings. The van der Waals surface area contributed by atoms with Crippen LogP contribution in [0.25, 0.3) is 11.3 Å². The Bertz CT molecular complexity index is 1460. The molecule has 36 heavy (non-hydrogen) atoms. The van der Waals surface area contributed by atoms with Gasteiger partial charge in [0.15, 0.2) is 0 Å². The first-order valence-corrected chi connectivity index (χ1v) is 11.5. The minimum atomic E-state index is -1.02. The molecule has 0 saturated carbocycles. The van der Waals surface area contributed by atoms with Crippen molar-refractivity contribution >= 4 is 41.3 Å². The summed E-state index contributed by atoms with van der Waals surface area (Å²) in [6.45, 7) is 2.01. The number of hydrogen-bond acceptors (Lipinski definition) is 5. The van der Waals surface area contributed by atoms with E-state index >= 15 is 0 Å². The molecule has 1 heterocycles. The number of amides is 1. The number of ether oxygens (including phenoxy) is 1. The number of rotatable bonds is 8. The number of nitrogens with zero attached hydrogens (tertiary/aromatic N) is 1. The summed E-state index contributed by atoms with van der Waals surface area (Å²) in [7, 11) is 0. The maximum Gasteiger partial charge on any atom is 0.335 e. The summed E-state index contributed by atoms with van der Waals surface area (Å²) in [5.41, 5.74) is 5.16. The average Bonchev–Trinajstić information content (AvgIpc) is 3.32. The maximum absolute atomic E-state index is 12.7. The fourth-order valence-corrected chi connectivity index (χ4v) is 3.84. The Hall–Kier alpha value is -4.07. The van der Waals surface area contributed by atoms with Crippen LogP contribution in [-0.4, -0.2) is 23.2 Å². The summed E-state index contributed by atoms with van der Waals surface area (Å²) in [5, 5.41) is 14.2. The topological polar surface area (TPSA) is 101 Å². The molecule has 0 bridgehead atoms. The quantitative estimate of drug-likeness (QED) is 0.200. The zero-order chi connectivity index (χ0) is 25.7. The fraction of sp³-hybridized carbons (Fsp3) is 0.0741. The van der Waals surface area contributed by atoms with Crippen molar-refractivity contribution in [1.29, 1.82) is 0 Å². The third kappa shape index (κ3) is 5.94. The number of hydrogen-bond donors (Lipinski definition) is 2. The van der Waals surface area contributed by atoms with Crippen molar-refractivity contribution in [3.8, 4) is 17.1 Å². The molecule has 4 rings (SSSR count). The van der Waals surface area contributed by atoms with Crippen molar-refractivity contribution in [2.75, 3.05) is 0 Å². The van der Waals surface area contributed by atoms with Crippen LogP contribution in [0.2, 0.25) is 10.0 Å². The Labute approximate surface area is 216 Å². The molecule has 1 amide bonds. The molecule has 3 aromatic carbocycles.